The summed E-state index contributed by atoms with van der Waals surface area (Å²) < 4.78 is 22.5. The Kier molecular flexibility index (Phi) is 4.73. The zero-order valence-electron chi connectivity index (χ0n) is 11.2. The highest BCUT2D eigenvalue weighted by atomic mass is 32.2. The number of pyridine rings is 1. The van der Waals surface area contributed by atoms with E-state index in [9.17, 15) is 18.0 Å². The number of carbonyl (C=O) groups excluding carboxylic acids is 2. The summed E-state index contributed by atoms with van der Waals surface area (Å²) in [6.07, 6.45) is 3.47. The van der Waals surface area contributed by atoms with E-state index in [1.165, 1.54) is 6.20 Å². The zero-order chi connectivity index (χ0) is 15.3. The van der Waals surface area contributed by atoms with Gasteiger partial charge in [0.15, 0.2) is 9.84 Å². The second-order valence-electron chi connectivity index (χ2n) is 4.72. The highest BCUT2D eigenvalue weighted by molar-refractivity contribution is 7.91. The summed E-state index contributed by atoms with van der Waals surface area (Å²) in [5.41, 5.74) is 0.534. The quantitative estimate of drug-likeness (QED) is 0.693. The molecule has 1 aliphatic heterocycles. The van der Waals surface area contributed by atoms with E-state index in [1.807, 2.05) is 0 Å². The molecule has 21 heavy (non-hydrogen) atoms. The number of sulfone groups is 1. The first kappa shape index (κ1) is 15.2. The van der Waals surface area contributed by atoms with E-state index < -0.39 is 27.8 Å². The number of urea groups is 1. The van der Waals surface area contributed by atoms with Crippen LogP contribution in [-0.2, 0) is 14.6 Å². The van der Waals surface area contributed by atoms with Crippen molar-refractivity contribution < 1.29 is 18.0 Å². The molecule has 1 aliphatic rings. The average molecular weight is 312 g/mol. The van der Waals surface area contributed by atoms with Crippen LogP contribution in [0.1, 0.15) is 6.42 Å². The number of amides is 3. The summed E-state index contributed by atoms with van der Waals surface area (Å²) in [5.74, 6) is -0.362. The van der Waals surface area contributed by atoms with Crippen LogP contribution in [0.25, 0.3) is 0 Å². The Hall–Kier alpha value is -2.16. The van der Waals surface area contributed by atoms with Crippen molar-refractivity contribution in [3.63, 3.8) is 0 Å². The number of rotatable bonds is 4. The molecule has 1 aromatic heterocycles. The highest BCUT2D eigenvalue weighted by Gasteiger charge is 2.28. The number of aromatic nitrogens is 1. The van der Waals surface area contributed by atoms with Crippen LogP contribution >= 0.6 is 0 Å². The van der Waals surface area contributed by atoms with Gasteiger partial charge < -0.3 is 16.0 Å². The summed E-state index contributed by atoms with van der Waals surface area (Å²) >= 11 is 0. The Morgan fingerprint density at radius 2 is 2.19 bits per heavy atom. The molecule has 0 spiro atoms. The van der Waals surface area contributed by atoms with E-state index in [0.717, 1.165) is 0 Å². The van der Waals surface area contributed by atoms with Crippen LogP contribution in [0.3, 0.4) is 0 Å². The maximum Gasteiger partial charge on any atom is 0.315 e. The molecule has 3 N–H and O–H groups in total. The van der Waals surface area contributed by atoms with Gasteiger partial charge in [0.05, 0.1) is 29.9 Å². The molecule has 0 saturated carbocycles. The Morgan fingerprint density at radius 3 is 2.81 bits per heavy atom. The number of hydrogen-bond acceptors (Lipinski definition) is 5. The minimum absolute atomic E-state index is 0.0533. The summed E-state index contributed by atoms with van der Waals surface area (Å²) in [6, 6.07) is 2.40. The molecule has 0 bridgehead atoms. The van der Waals surface area contributed by atoms with Gasteiger partial charge in [0.25, 0.3) is 0 Å². The fourth-order valence-corrected chi connectivity index (χ4v) is 3.62. The van der Waals surface area contributed by atoms with Crippen LogP contribution in [0.15, 0.2) is 24.5 Å². The SMILES string of the molecule is O=C(CNC(=O)NC1CCS(=O)(=O)C1)Nc1cccnc1. The minimum atomic E-state index is -3.04. The van der Waals surface area contributed by atoms with E-state index in [0.29, 0.717) is 12.1 Å². The molecule has 3 amide bonds. The lowest BCUT2D eigenvalue weighted by molar-refractivity contribution is -0.115. The van der Waals surface area contributed by atoms with Crippen LogP contribution in [0.5, 0.6) is 0 Å². The predicted molar refractivity (Wildman–Crippen MR) is 76.5 cm³/mol. The van der Waals surface area contributed by atoms with E-state index in [4.69, 9.17) is 0 Å². The first-order chi connectivity index (χ1) is 9.94. The molecule has 1 unspecified atom stereocenters. The first-order valence-electron chi connectivity index (χ1n) is 6.39. The fourth-order valence-electron chi connectivity index (χ4n) is 1.95. The van der Waals surface area contributed by atoms with E-state index in [-0.39, 0.29) is 18.1 Å². The van der Waals surface area contributed by atoms with Crippen molar-refractivity contribution in [2.45, 2.75) is 12.5 Å². The summed E-state index contributed by atoms with van der Waals surface area (Å²) in [4.78, 5) is 27.0. The summed E-state index contributed by atoms with van der Waals surface area (Å²) in [5, 5.41) is 7.48. The normalized spacial score (nSPS) is 19.7. The third-order valence-electron chi connectivity index (χ3n) is 2.92. The molecule has 9 heteroatoms. The first-order valence-corrected chi connectivity index (χ1v) is 8.21. The minimum Gasteiger partial charge on any atom is -0.334 e. The van der Waals surface area contributed by atoms with Crippen molar-refractivity contribution in [1.82, 2.24) is 15.6 Å². The van der Waals surface area contributed by atoms with Crippen LogP contribution in [-0.4, -0.2) is 49.4 Å². The molecule has 0 aromatic carbocycles. The fraction of sp³-hybridized carbons (Fsp3) is 0.417. The van der Waals surface area contributed by atoms with Gasteiger partial charge in [-0.2, -0.15) is 0 Å². The van der Waals surface area contributed by atoms with Gasteiger partial charge in [0.2, 0.25) is 5.91 Å². The van der Waals surface area contributed by atoms with Crippen LogP contribution < -0.4 is 16.0 Å². The number of carbonyl (C=O) groups is 2. The smallest absolute Gasteiger partial charge is 0.315 e. The molecular formula is C12H16N4O4S. The van der Waals surface area contributed by atoms with Crippen molar-refractivity contribution in [2.24, 2.45) is 0 Å². The largest absolute Gasteiger partial charge is 0.334 e. The second-order valence-corrected chi connectivity index (χ2v) is 6.95. The van der Waals surface area contributed by atoms with Crippen LogP contribution in [0.4, 0.5) is 10.5 Å². The second kappa shape index (κ2) is 6.53. The Morgan fingerprint density at radius 1 is 1.38 bits per heavy atom. The van der Waals surface area contributed by atoms with Crippen molar-refractivity contribution in [3.8, 4) is 0 Å². The van der Waals surface area contributed by atoms with Gasteiger partial charge >= 0.3 is 6.03 Å². The predicted octanol–water partition coefficient (Wildman–Crippen LogP) is -0.494. The van der Waals surface area contributed by atoms with Crippen LogP contribution in [0, 0.1) is 0 Å². The van der Waals surface area contributed by atoms with E-state index in [1.54, 1.807) is 18.3 Å². The van der Waals surface area contributed by atoms with Gasteiger partial charge in [-0.15, -0.1) is 0 Å². The highest BCUT2D eigenvalue weighted by Crippen LogP contribution is 2.10. The van der Waals surface area contributed by atoms with Gasteiger partial charge in [-0.05, 0) is 18.6 Å². The number of nitrogens with one attached hydrogen (secondary N) is 3. The standard InChI is InChI=1S/C12H16N4O4S/c17-11(15-9-2-1-4-13-6-9)7-14-12(18)16-10-3-5-21(19,20)8-10/h1-2,4,6,10H,3,5,7-8H2,(H,15,17)(H2,14,16,18). The maximum absolute atomic E-state index is 11.6. The maximum atomic E-state index is 11.6. The average Bonchev–Trinajstić information content (AvgIpc) is 2.77. The number of hydrogen-bond donors (Lipinski definition) is 3. The van der Waals surface area contributed by atoms with E-state index in [2.05, 4.69) is 20.9 Å². The van der Waals surface area contributed by atoms with Crippen molar-refractivity contribution >= 4 is 27.5 Å². The molecule has 8 nitrogen and oxygen atoms in total. The van der Waals surface area contributed by atoms with Gasteiger partial charge in [0.1, 0.15) is 0 Å². The molecule has 1 aromatic rings. The molecule has 2 heterocycles. The molecule has 1 saturated heterocycles. The number of nitrogens with zero attached hydrogens (tertiary/aromatic N) is 1. The third kappa shape index (κ3) is 5.03. The van der Waals surface area contributed by atoms with Gasteiger partial charge in [0, 0.05) is 12.2 Å². The molecular weight excluding hydrogens is 296 g/mol. The summed E-state index contributed by atoms with van der Waals surface area (Å²) in [7, 11) is -3.04. The lowest BCUT2D eigenvalue weighted by atomic mass is 10.3. The monoisotopic (exact) mass is 312 g/mol. The molecule has 114 valence electrons. The Balaban J connectivity index is 1.70. The third-order valence-corrected chi connectivity index (χ3v) is 4.69. The lowest BCUT2D eigenvalue weighted by Gasteiger charge is -2.12. The van der Waals surface area contributed by atoms with Crippen molar-refractivity contribution in [1.29, 1.82) is 0 Å². The van der Waals surface area contributed by atoms with Crippen LogP contribution in [0.2, 0.25) is 0 Å². The van der Waals surface area contributed by atoms with Gasteiger partial charge in [-0.25, -0.2) is 13.2 Å². The molecule has 1 atom stereocenters. The van der Waals surface area contributed by atoms with Gasteiger partial charge in [-0.1, -0.05) is 0 Å². The Bertz CT molecular complexity index is 617. The molecule has 2 rings (SSSR count). The molecule has 0 radical (unpaired) electrons. The van der Waals surface area contributed by atoms with Gasteiger partial charge in [-0.3, -0.25) is 9.78 Å². The molecule has 0 aliphatic carbocycles. The zero-order valence-corrected chi connectivity index (χ0v) is 12.0. The van der Waals surface area contributed by atoms with Crippen molar-refractivity contribution in [2.75, 3.05) is 23.4 Å². The topological polar surface area (TPSA) is 117 Å². The lowest BCUT2D eigenvalue weighted by Crippen LogP contribution is -2.45. The van der Waals surface area contributed by atoms with E-state index >= 15 is 0 Å². The number of anilines is 1. The Labute approximate surface area is 122 Å². The summed E-state index contributed by atoms with van der Waals surface area (Å²) in [6.45, 7) is -0.208. The van der Waals surface area contributed by atoms with Crippen molar-refractivity contribution in [3.05, 3.63) is 24.5 Å². The molecule has 1 fully saturated rings.